The molecule has 0 aliphatic carbocycles. The van der Waals surface area contributed by atoms with E-state index >= 15 is 0 Å². The molecule has 0 radical (unpaired) electrons. The van der Waals surface area contributed by atoms with Crippen LogP contribution >= 0.6 is 24.8 Å². The topological polar surface area (TPSA) is 67.2 Å². The molecular formula is C14H19Cl2N3O2. The molecule has 3 heterocycles. The molecule has 1 fully saturated rings. The van der Waals surface area contributed by atoms with Gasteiger partial charge in [-0.3, -0.25) is 4.79 Å². The number of hydrogen-bond donors (Lipinski definition) is 2. The summed E-state index contributed by atoms with van der Waals surface area (Å²) >= 11 is 0. The van der Waals surface area contributed by atoms with E-state index in [1.165, 1.54) is 0 Å². The molecule has 0 saturated carbocycles. The molecule has 0 spiro atoms. The van der Waals surface area contributed by atoms with Crippen LogP contribution in [-0.2, 0) is 0 Å². The fourth-order valence-corrected chi connectivity index (χ4v) is 2.37. The molecule has 0 bridgehead atoms. The van der Waals surface area contributed by atoms with Crippen LogP contribution in [0.3, 0.4) is 0 Å². The summed E-state index contributed by atoms with van der Waals surface area (Å²) in [5.74, 6) is 0.169. The third-order valence-corrected chi connectivity index (χ3v) is 3.37. The van der Waals surface area contributed by atoms with Crippen molar-refractivity contribution in [3.05, 3.63) is 29.7 Å². The van der Waals surface area contributed by atoms with Crippen LogP contribution in [0.15, 0.2) is 22.6 Å². The van der Waals surface area contributed by atoms with E-state index in [4.69, 9.17) is 4.42 Å². The number of carbonyl (C=O) groups is 1. The quantitative estimate of drug-likeness (QED) is 0.887. The maximum Gasteiger partial charge on any atom is 0.287 e. The first-order valence-corrected chi connectivity index (χ1v) is 6.61. The van der Waals surface area contributed by atoms with Gasteiger partial charge < -0.3 is 15.1 Å². The molecule has 7 heteroatoms. The van der Waals surface area contributed by atoms with Gasteiger partial charge in [0.05, 0.1) is 0 Å². The summed E-state index contributed by atoms with van der Waals surface area (Å²) in [5.41, 5.74) is 2.29. The zero-order valence-electron chi connectivity index (χ0n) is 11.7. The molecule has 1 aliphatic heterocycles. The number of furan rings is 1. The van der Waals surface area contributed by atoms with Crippen molar-refractivity contribution in [2.45, 2.75) is 25.8 Å². The molecule has 21 heavy (non-hydrogen) atoms. The van der Waals surface area contributed by atoms with Crippen molar-refractivity contribution < 1.29 is 9.21 Å². The first-order valence-electron chi connectivity index (χ1n) is 6.61. The minimum absolute atomic E-state index is 0. The van der Waals surface area contributed by atoms with E-state index in [0.29, 0.717) is 11.3 Å². The Morgan fingerprint density at radius 2 is 2.24 bits per heavy atom. The predicted molar refractivity (Wildman–Crippen MR) is 86.6 cm³/mol. The van der Waals surface area contributed by atoms with Gasteiger partial charge in [0.15, 0.2) is 11.3 Å². The summed E-state index contributed by atoms with van der Waals surface area (Å²) in [5, 5.41) is 6.26. The number of hydrogen-bond acceptors (Lipinski definition) is 4. The molecule has 3 rings (SSSR count). The minimum atomic E-state index is -0.163. The van der Waals surface area contributed by atoms with Crippen LogP contribution in [0.5, 0.6) is 0 Å². The van der Waals surface area contributed by atoms with E-state index in [9.17, 15) is 4.79 Å². The number of rotatable bonds is 2. The fraction of sp³-hybridized carbons (Fsp3) is 0.429. The van der Waals surface area contributed by atoms with Crippen molar-refractivity contribution in [2.24, 2.45) is 0 Å². The number of halogens is 2. The first-order chi connectivity index (χ1) is 9.22. The number of pyridine rings is 1. The summed E-state index contributed by atoms with van der Waals surface area (Å²) in [6, 6.07) is 5.60. The Hall–Kier alpha value is -1.30. The number of nitrogens with zero attached hydrogens (tertiary/aromatic N) is 1. The summed E-state index contributed by atoms with van der Waals surface area (Å²) in [7, 11) is 0. The molecule has 0 unspecified atom stereocenters. The largest absolute Gasteiger partial charge is 0.449 e. The van der Waals surface area contributed by atoms with Crippen LogP contribution in [0.2, 0.25) is 0 Å². The van der Waals surface area contributed by atoms with Crippen molar-refractivity contribution in [3.63, 3.8) is 0 Å². The second-order valence-corrected chi connectivity index (χ2v) is 4.96. The lowest BCUT2D eigenvalue weighted by molar-refractivity contribution is 0.0905. The highest BCUT2D eigenvalue weighted by molar-refractivity contribution is 5.95. The van der Waals surface area contributed by atoms with Crippen molar-refractivity contribution in [3.8, 4) is 0 Å². The molecule has 116 valence electrons. The lowest BCUT2D eigenvalue weighted by atomic mass is 10.1. The van der Waals surface area contributed by atoms with Crippen LogP contribution in [0, 0.1) is 6.92 Å². The Kier molecular flexibility index (Phi) is 6.45. The molecule has 2 N–H and O–H groups in total. The Labute approximate surface area is 135 Å². The lowest BCUT2D eigenvalue weighted by Gasteiger charge is -2.23. The van der Waals surface area contributed by atoms with Crippen molar-refractivity contribution in [1.82, 2.24) is 15.6 Å². The molecule has 1 atom stereocenters. The zero-order valence-corrected chi connectivity index (χ0v) is 13.4. The van der Waals surface area contributed by atoms with Gasteiger partial charge in [0.25, 0.3) is 5.91 Å². The monoisotopic (exact) mass is 331 g/mol. The summed E-state index contributed by atoms with van der Waals surface area (Å²) in [6.45, 7) is 3.77. The standard InChI is InChI=1S/C14H17N3O2.2ClH/c1-9-4-5-12-11(16-9)7-13(19-12)14(18)17-10-3-2-6-15-8-10;;/h4-5,7,10,15H,2-3,6,8H2,1H3,(H,17,18);2*1H/t10-;;/m0../s1. The molecule has 2 aromatic heterocycles. The van der Waals surface area contributed by atoms with E-state index in [1.807, 2.05) is 19.1 Å². The maximum atomic E-state index is 12.1. The Morgan fingerprint density at radius 1 is 1.43 bits per heavy atom. The number of carbonyl (C=O) groups excluding carboxylic acids is 1. The third kappa shape index (κ3) is 4.09. The first kappa shape index (κ1) is 17.8. The van der Waals surface area contributed by atoms with Crippen LogP contribution in [-0.4, -0.2) is 30.0 Å². The molecule has 5 nitrogen and oxygen atoms in total. The van der Waals surface area contributed by atoms with E-state index in [-0.39, 0.29) is 36.8 Å². The molecule has 0 aromatic carbocycles. The Balaban J connectivity index is 0.00000110. The lowest BCUT2D eigenvalue weighted by Crippen LogP contribution is -2.45. The van der Waals surface area contributed by atoms with Gasteiger partial charge in [-0.1, -0.05) is 0 Å². The van der Waals surface area contributed by atoms with E-state index in [2.05, 4.69) is 15.6 Å². The van der Waals surface area contributed by atoms with Gasteiger partial charge >= 0.3 is 0 Å². The minimum Gasteiger partial charge on any atom is -0.449 e. The average Bonchev–Trinajstić information content (AvgIpc) is 2.83. The third-order valence-electron chi connectivity index (χ3n) is 3.37. The van der Waals surface area contributed by atoms with Gasteiger partial charge in [-0.15, -0.1) is 24.8 Å². The number of aryl methyl sites for hydroxylation is 1. The Morgan fingerprint density at radius 3 is 2.95 bits per heavy atom. The highest BCUT2D eigenvalue weighted by Crippen LogP contribution is 2.18. The molecule has 1 aliphatic rings. The molecule has 2 aromatic rings. The average molecular weight is 332 g/mol. The van der Waals surface area contributed by atoms with Crippen LogP contribution in [0.25, 0.3) is 11.1 Å². The summed E-state index contributed by atoms with van der Waals surface area (Å²) < 4.78 is 5.53. The highest BCUT2D eigenvalue weighted by Gasteiger charge is 2.19. The number of nitrogens with one attached hydrogen (secondary N) is 2. The second-order valence-electron chi connectivity index (χ2n) is 4.96. The van der Waals surface area contributed by atoms with Gasteiger partial charge in [0.1, 0.15) is 5.52 Å². The van der Waals surface area contributed by atoms with Gasteiger partial charge in [-0.25, -0.2) is 4.98 Å². The van der Waals surface area contributed by atoms with Crippen molar-refractivity contribution >= 4 is 41.8 Å². The van der Waals surface area contributed by atoms with E-state index in [0.717, 1.165) is 37.1 Å². The van der Waals surface area contributed by atoms with Crippen LogP contribution in [0.1, 0.15) is 29.1 Å². The zero-order chi connectivity index (χ0) is 13.2. The van der Waals surface area contributed by atoms with E-state index in [1.54, 1.807) is 6.07 Å². The highest BCUT2D eigenvalue weighted by atomic mass is 35.5. The summed E-state index contributed by atoms with van der Waals surface area (Å²) in [6.07, 6.45) is 2.10. The summed E-state index contributed by atoms with van der Waals surface area (Å²) in [4.78, 5) is 16.4. The van der Waals surface area contributed by atoms with E-state index < -0.39 is 0 Å². The van der Waals surface area contributed by atoms with Gasteiger partial charge in [-0.2, -0.15) is 0 Å². The van der Waals surface area contributed by atoms with Crippen molar-refractivity contribution in [1.29, 1.82) is 0 Å². The Bertz CT molecular complexity index is 609. The predicted octanol–water partition coefficient (Wildman–Crippen LogP) is 2.46. The number of aromatic nitrogens is 1. The number of amides is 1. The van der Waals surface area contributed by atoms with Crippen LogP contribution < -0.4 is 10.6 Å². The number of fused-ring (bicyclic) bond motifs is 1. The SMILES string of the molecule is Cc1ccc2oc(C(=O)N[C@H]3CCCNC3)cc2n1.Cl.Cl. The molecular weight excluding hydrogens is 313 g/mol. The normalized spacial score (nSPS) is 17.7. The molecule has 1 saturated heterocycles. The fourth-order valence-electron chi connectivity index (χ4n) is 2.37. The van der Waals surface area contributed by atoms with Gasteiger partial charge in [0.2, 0.25) is 0 Å². The molecule has 1 amide bonds. The number of piperidine rings is 1. The van der Waals surface area contributed by atoms with Crippen molar-refractivity contribution in [2.75, 3.05) is 13.1 Å². The van der Waals surface area contributed by atoms with Crippen LogP contribution in [0.4, 0.5) is 0 Å². The smallest absolute Gasteiger partial charge is 0.287 e. The van der Waals surface area contributed by atoms with Gasteiger partial charge in [0, 0.05) is 24.3 Å². The van der Waals surface area contributed by atoms with Gasteiger partial charge in [-0.05, 0) is 38.4 Å². The maximum absolute atomic E-state index is 12.1. The second kappa shape index (κ2) is 7.64.